The van der Waals surface area contributed by atoms with Gasteiger partial charge in [-0.05, 0) is 38.0 Å². The molecule has 1 saturated heterocycles. The summed E-state index contributed by atoms with van der Waals surface area (Å²) in [5.74, 6) is 0.560. The fourth-order valence-electron chi connectivity index (χ4n) is 2.30. The molecule has 3 nitrogen and oxygen atoms in total. The third-order valence-corrected chi connectivity index (χ3v) is 3.75. The highest BCUT2D eigenvalue weighted by Crippen LogP contribution is 2.23. The average Bonchev–Trinajstić information content (AvgIpc) is 2.72. The third kappa shape index (κ3) is 3.00. The van der Waals surface area contributed by atoms with Crippen molar-refractivity contribution in [2.24, 2.45) is 11.7 Å². The first-order chi connectivity index (χ1) is 8.58. The van der Waals surface area contributed by atoms with E-state index in [0.29, 0.717) is 17.0 Å². The molecule has 2 atom stereocenters. The quantitative estimate of drug-likeness (QED) is 0.820. The maximum Gasteiger partial charge on any atom is 0.106 e. The maximum absolute atomic E-state index is 5.74. The first-order valence-corrected chi connectivity index (χ1v) is 6.74. The van der Waals surface area contributed by atoms with Crippen molar-refractivity contribution >= 4 is 22.9 Å². The summed E-state index contributed by atoms with van der Waals surface area (Å²) in [6.45, 7) is 5.96. The molecular formula is C14H20N2OS. The van der Waals surface area contributed by atoms with Crippen LogP contribution in [0.4, 0.5) is 5.69 Å². The third-order valence-electron chi connectivity index (χ3n) is 3.53. The van der Waals surface area contributed by atoms with E-state index in [1.807, 2.05) is 12.1 Å². The molecule has 0 aromatic heterocycles. The molecule has 1 aromatic carbocycles. The van der Waals surface area contributed by atoms with E-state index < -0.39 is 0 Å². The number of benzene rings is 1. The Balaban J connectivity index is 2.08. The summed E-state index contributed by atoms with van der Waals surface area (Å²) in [4.78, 5) is 0.438. The molecule has 0 spiro atoms. The molecule has 2 unspecified atom stereocenters. The van der Waals surface area contributed by atoms with E-state index in [1.54, 1.807) is 0 Å². The van der Waals surface area contributed by atoms with Gasteiger partial charge in [0.2, 0.25) is 0 Å². The first-order valence-electron chi connectivity index (χ1n) is 6.34. The topological polar surface area (TPSA) is 47.3 Å². The zero-order valence-electron chi connectivity index (χ0n) is 10.9. The standard InChI is InChI=1S/C14H20N2OS/c1-9-3-4-12(14(15)18)13(7-9)16-8-11-5-6-17-10(11)2/h3-4,7,10-11,16H,5-6,8H2,1-2H3,(H2,15,18). The Morgan fingerprint density at radius 1 is 1.56 bits per heavy atom. The number of rotatable bonds is 4. The van der Waals surface area contributed by atoms with Crippen molar-refractivity contribution in [3.63, 3.8) is 0 Å². The molecule has 18 heavy (non-hydrogen) atoms. The highest BCUT2D eigenvalue weighted by molar-refractivity contribution is 7.80. The lowest BCUT2D eigenvalue weighted by Gasteiger charge is -2.17. The summed E-state index contributed by atoms with van der Waals surface area (Å²) in [7, 11) is 0. The van der Waals surface area contributed by atoms with Gasteiger partial charge in [-0.15, -0.1) is 0 Å². The highest BCUT2D eigenvalue weighted by Gasteiger charge is 2.24. The number of thiocarbonyl (C=S) groups is 1. The second-order valence-electron chi connectivity index (χ2n) is 4.92. The molecule has 1 fully saturated rings. The van der Waals surface area contributed by atoms with Crippen LogP contribution in [0.5, 0.6) is 0 Å². The van der Waals surface area contributed by atoms with Gasteiger partial charge in [0, 0.05) is 30.3 Å². The fraction of sp³-hybridized carbons (Fsp3) is 0.500. The lowest BCUT2D eigenvalue weighted by Crippen LogP contribution is -2.22. The van der Waals surface area contributed by atoms with E-state index in [4.69, 9.17) is 22.7 Å². The van der Waals surface area contributed by atoms with Crippen LogP contribution in [0.15, 0.2) is 18.2 Å². The molecule has 0 radical (unpaired) electrons. The van der Waals surface area contributed by atoms with Crippen LogP contribution in [0.3, 0.4) is 0 Å². The van der Waals surface area contributed by atoms with Crippen molar-refractivity contribution in [2.75, 3.05) is 18.5 Å². The van der Waals surface area contributed by atoms with E-state index >= 15 is 0 Å². The van der Waals surface area contributed by atoms with Crippen molar-refractivity contribution in [2.45, 2.75) is 26.4 Å². The largest absolute Gasteiger partial charge is 0.389 e. The zero-order chi connectivity index (χ0) is 13.1. The highest BCUT2D eigenvalue weighted by atomic mass is 32.1. The molecule has 0 saturated carbocycles. The van der Waals surface area contributed by atoms with Gasteiger partial charge in [0.15, 0.2) is 0 Å². The van der Waals surface area contributed by atoms with Crippen molar-refractivity contribution in [3.8, 4) is 0 Å². The monoisotopic (exact) mass is 264 g/mol. The molecule has 0 bridgehead atoms. The van der Waals surface area contributed by atoms with Crippen LogP contribution in [0, 0.1) is 12.8 Å². The van der Waals surface area contributed by atoms with Crippen LogP contribution in [0.2, 0.25) is 0 Å². The summed E-state index contributed by atoms with van der Waals surface area (Å²) in [5, 5.41) is 3.46. The minimum atomic E-state index is 0.329. The molecule has 2 rings (SSSR count). The molecule has 1 aliphatic rings. The second kappa shape index (κ2) is 5.67. The number of ether oxygens (including phenoxy) is 1. The molecule has 1 heterocycles. The van der Waals surface area contributed by atoms with Gasteiger partial charge in [0.1, 0.15) is 4.99 Å². The summed E-state index contributed by atoms with van der Waals surface area (Å²) in [6.07, 6.45) is 1.44. The van der Waals surface area contributed by atoms with E-state index in [1.165, 1.54) is 5.56 Å². The Kier molecular flexibility index (Phi) is 4.19. The van der Waals surface area contributed by atoms with Crippen molar-refractivity contribution in [3.05, 3.63) is 29.3 Å². The van der Waals surface area contributed by atoms with Crippen molar-refractivity contribution in [1.29, 1.82) is 0 Å². The molecule has 0 aliphatic carbocycles. The van der Waals surface area contributed by atoms with Gasteiger partial charge in [0.25, 0.3) is 0 Å². The Morgan fingerprint density at radius 3 is 2.94 bits per heavy atom. The summed E-state index contributed by atoms with van der Waals surface area (Å²) >= 11 is 5.08. The second-order valence-corrected chi connectivity index (χ2v) is 5.36. The van der Waals surface area contributed by atoms with Gasteiger partial charge in [0.05, 0.1) is 6.10 Å². The smallest absolute Gasteiger partial charge is 0.106 e. The predicted octanol–water partition coefficient (Wildman–Crippen LogP) is 2.47. The van der Waals surface area contributed by atoms with Gasteiger partial charge < -0.3 is 15.8 Å². The van der Waals surface area contributed by atoms with E-state index in [-0.39, 0.29) is 0 Å². The van der Waals surface area contributed by atoms with Gasteiger partial charge in [-0.3, -0.25) is 0 Å². The van der Waals surface area contributed by atoms with Crippen LogP contribution >= 0.6 is 12.2 Å². The van der Waals surface area contributed by atoms with Crippen LogP contribution in [-0.2, 0) is 4.74 Å². The number of aryl methyl sites for hydroxylation is 1. The van der Waals surface area contributed by atoms with Gasteiger partial charge in [-0.1, -0.05) is 18.3 Å². The zero-order valence-corrected chi connectivity index (χ0v) is 11.7. The van der Waals surface area contributed by atoms with Crippen molar-refractivity contribution in [1.82, 2.24) is 0 Å². The molecule has 3 N–H and O–H groups in total. The van der Waals surface area contributed by atoms with Crippen molar-refractivity contribution < 1.29 is 4.74 Å². The normalized spacial score (nSPS) is 23.0. The Hall–Kier alpha value is -1.13. The lowest BCUT2D eigenvalue weighted by molar-refractivity contribution is 0.108. The summed E-state index contributed by atoms with van der Waals surface area (Å²) in [5.41, 5.74) is 8.89. The number of nitrogens with one attached hydrogen (secondary N) is 1. The van der Waals surface area contributed by atoms with Gasteiger partial charge >= 0.3 is 0 Å². The van der Waals surface area contributed by atoms with Crippen LogP contribution in [0.25, 0.3) is 0 Å². The molecular weight excluding hydrogens is 244 g/mol. The number of hydrogen-bond donors (Lipinski definition) is 2. The van der Waals surface area contributed by atoms with E-state index in [0.717, 1.165) is 30.8 Å². The Morgan fingerprint density at radius 2 is 2.33 bits per heavy atom. The molecule has 1 aromatic rings. The summed E-state index contributed by atoms with van der Waals surface area (Å²) in [6, 6.07) is 6.10. The number of hydrogen-bond acceptors (Lipinski definition) is 3. The van der Waals surface area contributed by atoms with Crippen LogP contribution in [-0.4, -0.2) is 24.2 Å². The first kappa shape index (κ1) is 13.3. The average molecular weight is 264 g/mol. The van der Waals surface area contributed by atoms with Gasteiger partial charge in [-0.25, -0.2) is 0 Å². The minimum absolute atomic E-state index is 0.329. The Bertz CT molecular complexity index is 447. The van der Waals surface area contributed by atoms with E-state index in [9.17, 15) is 0 Å². The molecule has 1 aliphatic heterocycles. The van der Waals surface area contributed by atoms with Gasteiger partial charge in [-0.2, -0.15) is 0 Å². The van der Waals surface area contributed by atoms with Crippen LogP contribution < -0.4 is 11.1 Å². The SMILES string of the molecule is Cc1ccc(C(N)=S)c(NCC2CCOC2C)c1. The molecule has 0 amide bonds. The summed E-state index contributed by atoms with van der Waals surface area (Å²) < 4.78 is 5.56. The minimum Gasteiger partial charge on any atom is -0.389 e. The lowest BCUT2D eigenvalue weighted by atomic mass is 10.0. The molecule has 4 heteroatoms. The molecule has 98 valence electrons. The maximum atomic E-state index is 5.74. The Labute approximate surface area is 114 Å². The van der Waals surface area contributed by atoms with Crippen LogP contribution in [0.1, 0.15) is 24.5 Å². The fourth-order valence-corrected chi connectivity index (χ4v) is 2.48. The van der Waals surface area contributed by atoms with E-state index in [2.05, 4.69) is 25.2 Å². The predicted molar refractivity (Wildman–Crippen MR) is 79.1 cm³/mol. The number of anilines is 1. The number of nitrogens with two attached hydrogens (primary N) is 1.